The number of nitrogens with one attached hydrogen (secondary N) is 3. The molecule has 2 atom stereocenters. The number of nitrogens with zero attached hydrogens (tertiary/aromatic N) is 2. The van der Waals surface area contributed by atoms with E-state index >= 15 is 0 Å². The summed E-state index contributed by atoms with van der Waals surface area (Å²) in [5.74, 6) is -0.0335. The highest BCUT2D eigenvalue weighted by Gasteiger charge is 2.38. The van der Waals surface area contributed by atoms with Crippen molar-refractivity contribution in [2.45, 2.75) is 19.4 Å². The molecule has 1 amide bonds. The van der Waals surface area contributed by atoms with Gasteiger partial charge in [0.1, 0.15) is 12.5 Å². The van der Waals surface area contributed by atoms with E-state index in [1.165, 1.54) is 0 Å². The van der Waals surface area contributed by atoms with Crippen LogP contribution in [0.25, 0.3) is 0 Å². The van der Waals surface area contributed by atoms with Gasteiger partial charge < -0.3 is 10.1 Å². The first-order valence-electron chi connectivity index (χ1n) is 7.94. The summed E-state index contributed by atoms with van der Waals surface area (Å²) >= 11 is 0. The molecule has 0 aliphatic carbocycles. The van der Waals surface area contributed by atoms with E-state index in [-0.39, 0.29) is 18.4 Å². The van der Waals surface area contributed by atoms with E-state index in [9.17, 15) is 4.79 Å². The molecule has 0 bridgehead atoms. The monoisotopic (exact) mass is 315 g/mol. The Morgan fingerprint density at radius 3 is 2.78 bits per heavy atom. The fraction of sp³-hybridized carbons (Fsp3) is 0.438. The Morgan fingerprint density at radius 1 is 1.22 bits per heavy atom. The molecule has 3 N–H and O–H groups in total. The minimum atomic E-state index is -0.184. The molecule has 23 heavy (non-hydrogen) atoms. The number of aryl methyl sites for hydroxylation is 1. The number of hydrogen-bond acceptors (Lipinski definition) is 6. The largest absolute Gasteiger partial charge is 0.379 e. The summed E-state index contributed by atoms with van der Waals surface area (Å²) < 4.78 is 5.37. The van der Waals surface area contributed by atoms with Crippen molar-refractivity contribution < 1.29 is 9.53 Å². The van der Waals surface area contributed by atoms with Crippen LogP contribution < -0.4 is 21.1 Å². The Bertz CT molecular complexity index is 641. The van der Waals surface area contributed by atoms with Crippen LogP contribution in [0.1, 0.15) is 5.56 Å². The first kappa shape index (κ1) is 14.6. The van der Waals surface area contributed by atoms with E-state index in [0.717, 1.165) is 24.3 Å². The molecule has 2 fully saturated rings. The lowest BCUT2D eigenvalue weighted by Gasteiger charge is -2.40. The molecule has 3 aliphatic rings. The molecule has 122 valence electrons. The van der Waals surface area contributed by atoms with Crippen LogP contribution in [0, 0.1) is 6.92 Å². The van der Waals surface area contributed by atoms with Gasteiger partial charge >= 0.3 is 0 Å². The molecule has 0 saturated carbocycles. The highest BCUT2D eigenvalue weighted by Crippen LogP contribution is 2.24. The van der Waals surface area contributed by atoms with Crippen molar-refractivity contribution in [3.63, 3.8) is 0 Å². The average Bonchev–Trinajstić information content (AvgIpc) is 3.00. The molecule has 3 aliphatic heterocycles. The molecule has 0 spiro atoms. The van der Waals surface area contributed by atoms with Crippen LogP contribution in [-0.2, 0) is 9.53 Å². The second kappa shape index (κ2) is 5.93. The minimum Gasteiger partial charge on any atom is -0.379 e. The lowest BCUT2D eigenvalue weighted by atomic mass is 10.1. The number of carbonyl (C=O) groups is 1. The first-order chi connectivity index (χ1) is 11.2. The lowest BCUT2D eigenvalue weighted by molar-refractivity contribution is -0.123. The van der Waals surface area contributed by atoms with Crippen LogP contribution in [0.2, 0.25) is 0 Å². The van der Waals surface area contributed by atoms with Gasteiger partial charge in [-0.1, -0.05) is 18.2 Å². The number of carbonyl (C=O) groups excluding carboxylic acids is 1. The number of amides is 1. The molecular weight excluding hydrogens is 294 g/mol. The Labute approximate surface area is 135 Å². The lowest BCUT2D eigenvalue weighted by Crippen LogP contribution is -2.68. The topological polar surface area (TPSA) is 68.9 Å². The molecule has 3 heterocycles. The van der Waals surface area contributed by atoms with Crippen LogP contribution in [0.15, 0.2) is 36.0 Å². The van der Waals surface area contributed by atoms with Crippen molar-refractivity contribution in [3.8, 4) is 0 Å². The van der Waals surface area contributed by atoms with Crippen molar-refractivity contribution in [2.75, 3.05) is 31.3 Å². The van der Waals surface area contributed by atoms with Gasteiger partial charge in [-0.2, -0.15) is 0 Å². The number of morpholine rings is 1. The molecular formula is C16H21N5O2. The van der Waals surface area contributed by atoms with Gasteiger partial charge in [0.25, 0.3) is 5.91 Å². The standard InChI is InChI=1S/C16H21N5O2/c1-11-4-2-3-5-13(11)21-10-12-14(19-21)17-16(18-15(12)22)20-6-8-23-9-7-20/h2-5,10,14,16-17,19H,6-9H2,1H3,(H,18,22). The third kappa shape index (κ3) is 2.72. The molecule has 2 saturated heterocycles. The predicted octanol–water partition coefficient (Wildman–Crippen LogP) is -0.135. The zero-order valence-electron chi connectivity index (χ0n) is 13.1. The Kier molecular flexibility index (Phi) is 3.78. The van der Waals surface area contributed by atoms with Crippen LogP contribution in [0.3, 0.4) is 0 Å². The number of fused-ring (bicyclic) bond motifs is 1. The molecule has 0 radical (unpaired) electrons. The average molecular weight is 315 g/mol. The summed E-state index contributed by atoms with van der Waals surface area (Å²) in [6.45, 7) is 5.08. The summed E-state index contributed by atoms with van der Waals surface area (Å²) in [4.78, 5) is 14.6. The zero-order valence-corrected chi connectivity index (χ0v) is 13.1. The SMILES string of the molecule is Cc1ccccc1N1C=C2C(=O)NC(N3CCOCC3)NC2N1. The van der Waals surface area contributed by atoms with E-state index in [1.54, 1.807) is 0 Å². The molecule has 1 aromatic carbocycles. The van der Waals surface area contributed by atoms with Crippen molar-refractivity contribution in [1.82, 2.24) is 21.0 Å². The Morgan fingerprint density at radius 2 is 2.00 bits per heavy atom. The number of benzene rings is 1. The fourth-order valence-corrected chi connectivity index (χ4v) is 3.19. The van der Waals surface area contributed by atoms with E-state index in [2.05, 4.69) is 33.9 Å². The minimum absolute atomic E-state index is 0.0335. The molecule has 0 aromatic heterocycles. The number of hydrazine groups is 1. The third-order valence-electron chi connectivity index (χ3n) is 4.49. The number of para-hydroxylation sites is 1. The summed E-state index contributed by atoms with van der Waals surface area (Å²) in [6.07, 6.45) is 1.51. The Hall–Kier alpha value is -1.93. The Balaban J connectivity index is 1.52. The highest BCUT2D eigenvalue weighted by atomic mass is 16.5. The molecule has 1 aromatic rings. The summed E-state index contributed by atoms with van der Waals surface area (Å²) in [6, 6.07) is 8.10. The van der Waals surface area contributed by atoms with Crippen molar-refractivity contribution in [3.05, 3.63) is 41.6 Å². The van der Waals surface area contributed by atoms with Gasteiger partial charge in [0, 0.05) is 19.3 Å². The first-order valence-corrected chi connectivity index (χ1v) is 7.94. The van der Waals surface area contributed by atoms with Gasteiger partial charge in [0.15, 0.2) is 0 Å². The third-order valence-corrected chi connectivity index (χ3v) is 4.49. The van der Waals surface area contributed by atoms with Gasteiger partial charge in [-0.05, 0) is 18.6 Å². The van der Waals surface area contributed by atoms with Gasteiger partial charge in [-0.3, -0.25) is 20.0 Å². The van der Waals surface area contributed by atoms with Gasteiger partial charge in [0.2, 0.25) is 0 Å². The van der Waals surface area contributed by atoms with E-state index in [4.69, 9.17) is 4.74 Å². The van der Waals surface area contributed by atoms with Crippen molar-refractivity contribution >= 4 is 11.6 Å². The van der Waals surface area contributed by atoms with Crippen LogP contribution in [-0.4, -0.2) is 49.6 Å². The van der Waals surface area contributed by atoms with E-state index in [1.807, 2.05) is 29.4 Å². The van der Waals surface area contributed by atoms with Gasteiger partial charge in [0.05, 0.1) is 24.5 Å². The highest BCUT2D eigenvalue weighted by molar-refractivity contribution is 5.96. The van der Waals surface area contributed by atoms with E-state index < -0.39 is 0 Å². The summed E-state index contributed by atoms with van der Waals surface area (Å²) in [5.41, 5.74) is 6.27. The molecule has 7 nitrogen and oxygen atoms in total. The maximum atomic E-state index is 12.4. The quantitative estimate of drug-likeness (QED) is 0.706. The normalized spacial score (nSPS) is 28.3. The molecule has 4 rings (SSSR count). The van der Waals surface area contributed by atoms with Crippen LogP contribution in [0.4, 0.5) is 5.69 Å². The van der Waals surface area contributed by atoms with Gasteiger partial charge in [-0.25, -0.2) is 5.43 Å². The second-order valence-corrected chi connectivity index (χ2v) is 5.99. The van der Waals surface area contributed by atoms with Crippen molar-refractivity contribution in [1.29, 1.82) is 0 Å². The van der Waals surface area contributed by atoms with Gasteiger partial charge in [-0.15, -0.1) is 0 Å². The smallest absolute Gasteiger partial charge is 0.254 e. The summed E-state index contributed by atoms with van der Waals surface area (Å²) in [7, 11) is 0. The fourth-order valence-electron chi connectivity index (χ4n) is 3.19. The number of hydrogen-bond donors (Lipinski definition) is 3. The number of anilines is 1. The maximum Gasteiger partial charge on any atom is 0.254 e. The maximum absolute atomic E-state index is 12.4. The summed E-state index contributed by atoms with van der Waals surface area (Å²) in [5, 5.41) is 8.40. The van der Waals surface area contributed by atoms with Crippen LogP contribution in [0.5, 0.6) is 0 Å². The second-order valence-electron chi connectivity index (χ2n) is 5.99. The van der Waals surface area contributed by atoms with E-state index in [0.29, 0.717) is 18.8 Å². The number of rotatable bonds is 2. The predicted molar refractivity (Wildman–Crippen MR) is 86.1 cm³/mol. The van der Waals surface area contributed by atoms with Crippen molar-refractivity contribution in [2.24, 2.45) is 0 Å². The zero-order chi connectivity index (χ0) is 15.8. The number of ether oxygens (including phenoxy) is 1. The molecule has 7 heteroatoms. The van der Waals surface area contributed by atoms with Crippen LogP contribution >= 0.6 is 0 Å². The molecule has 2 unspecified atom stereocenters.